The van der Waals surface area contributed by atoms with Crippen molar-refractivity contribution in [1.29, 1.82) is 0 Å². The summed E-state index contributed by atoms with van der Waals surface area (Å²) >= 11 is 0. The summed E-state index contributed by atoms with van der Waals surface area (Å²) < 4.78 is 16.5. The molecule has 478 valence electrons. The Morgan fingerprint density at radius 2 is 0.742 bits per heavy atom. The predicted molar refractivity (Wildman–Crippen MR) is 379 cm³/mol. The molecule has 21 heteroatoms. The van der Waals surface area contributed by atoms with Crippen LogP contribution in [0, 0.1) is 40.5 Å². The van der Waals surface area contributed by atoms with Gasteiger partial charge in [0.1, 0.15) is 57.9 Å². The van der Waals surface area contributed by atoms with Crippen LogP contribution in [0.1, 0.15) is 73.5 Å². The number of ether oxygens (including phenoxy) is 2. The van der Waals surface area contributed by atoms with Gasteiger partial charge in [-0.3, -0.25) is 43.0 Å². The van der Waals surface area contributed by atoms with Crippen molar-refractivity contribution in [2.24, 2.45) is 0 Å². The highest BCUT2D eigenvalue weighted by Gasteiger charge is 2.24. The normalized spacial score (nSPS) is 11.7. The first-order chi connectivity index (χ1) is 47.1. The average Bonchev–Trinajstić information content (AvgIpc) is 0.773. The number of phenols is 1. The summed E-state index contributed by atoms with van der Waals surface area (Å²) in [6.45, 7) is 33.3. The number of para-hydroxylation sites is 4. The maximum Gasteiger partial charge on any atom is 0.267 e. The monoisotopic (exact) mass is 1280 g/mol. The van der Waals surface area contributed by atoms with Gasteiger partial charge in [0.05, 0.1) is 61.1 Å². The molecule has 0 aliphatic rings. The number of methoxy groups -OCH3 is 1. The van der Waals surface area contributed by atoms with Crippen molar-refractivity contribution in [3.8, 4) is 40.1 Å². The Kier molecular flexibility index (Phi) is 19.6. The lowest BCUT2D eigenvalue weighted by atomic mass is 10.1. The summed E-state index contributed by atoms with van der Waals surface area (Å²) in [4.78, 5) is 77.1. The standard InChI is InChI=1S/C29H23N5O2.C24H21N5O2.C23H19N5O2/c1-19(32-28-24(30-3)18-31-20(2)33-28)25-17-21-11-10-16-26(36-23-14-8-5-9-15-23)27(21)29(35)34(25)22-12-6-4-7-13-22;1-15(27-23-19(25-3)14-26-16(2)28-23)20-13-17-9-8-12-21(31-4)22(17)24(30)29(20)18-10-6-5-7-11-18;1-14(26-22-18(24-3)13-25-15(2)27-22)19-12-16-8-7-11-20(29)21(16)23(30)28(19)17-9-5-4-6-10-17/h4-19H,1-2H3,(H,31,32,33);5-15H,1-2,4H3,(H,26,27,28);4-14,29H,1-2H3,(H,25,26,27)/t19-;15-;14-/m000/s1. The summed E-state index contributed by atoms with van der Waals surface area (Å²) in [5.74, 6) is 4.55. The number of anilines is 3. The van der Waals surface area contributed by atoms with Crippen LogP contribution in [0.2, 0.25) is 0 Å². The fourth-order valence-electron chi connectivity index (χ4n) is 11.2. The van der Waals surface area contributed by atoms with E-state index in [1.807, 2.05) is 185 Å². The molecule has 0 radical (unpaired) electrons. The molecule has 7 aromatic carbocycles. The maximum absolute atomic E-state index is 14.1. The van der Waals surface area contributed by atoms with Crippen molar-refractivity contribution in [3.63, 3.8) is 0 Å². The van der Waals surface area contributed by atoms with E-state index in [2.05, 4.69) is 60.4 Å². The fraction of sp³-hybridized carbons (Fsp3) is 0.132. The number of fused-ring (bicyclic) bond motifs is 3. The number of nitrogens with zero attached hydrogens (tertiary/aromatic N) is 12. The van der Waals surface area contributed by atoms with E-state index in [0.717, 1.165) is 33.5 Å². The van der Waals surface area contributed by atoms with Crippen molar-refractivity contribution >= 4 is 66.8 Å². The smallest absolute Gasteiger partial charge is 0.267 e. The van der Waals surface area contributed by atoms with Gasteiger partial charge in [0.25, 0.3) is 16.7 Å². The first-order valence-corrected chi connectivity index (χ1v) is 30.7. The third kappa shape index (κ3) is 14.1. The van der Waals surface area contributed by atoms with E-state index in [4.69, 9.17) is 29.2 Å². The fourth-order valence-corrected chi connectivity index (χ4v) is 11.2. The molecule has 0 aliphatic carbocycles. The first-order valence-electron chi connectivity index (χ1n) is 30.7. The van der Waals surface area contributed by atoms with E-state index in [1.165, 1.54) is 24.7 Å². The summed E-state index contributed by atoms with van der Waals surface area (Å²) in [5.41, 5.74) is 4.56. The van der Waals surface area contributed by atoms with Crippen molar-refractivity contribution in [2.45, 2.75) is 59.7 Å². The average molecular weight is 1280 g/mol. The Morgan fingerprint density at radius 3 is 1.10 bits per heavy atom. The Balaban J connectivity index is 0.000000148. The van der Waals surface area contributed by atoms with Crippen LogP contribution in [0.3, 0.4) is 0 Å². The van der Waals surface area contributed by atoms with Gasteiger partial charge < -0.3 is 30.5 Å². The second kappa shape index (κ2) is 29.1. The molecule has 0 saturated carbocycles. The van der Waals surface area contributed by atoms with Crippen LogP contribution in [-0.2, 0) is 0 Å². The molecule has 0 saturated heterocycles. The molecule has 0 fully saturated rings. The molecule has 6 aromatic heterocycles. The molecule has 4 N–H and O–H groups in total. The topological polar surface area (TPSA) is 231 Å². The number of aryl methyl sites for hydroxylation is 3. The Hall–Kier alpha value is -13.3. The van der Waals surface area contributed by atoms with E-state index in [1.54, 1.807) is 65.8 Å². The van der Waals surface area contributed by atoms with Gasteiger partial charge in [0, 0.05) is 52.7 Å². The second-order valence-corrected chi connectivity index (χ2v) is 22.3. The van der Waals surface area contributed by atoms with Gasteiger partial charge in [-0.1, -0.05) is 109 Å². The third-order valence-corrected chi connectivity index (χ3v) is 15.8. The lowest BCUT2D eigenvalue weighted by Gasteiger charge is -2.22. The zero-order chi connectivity index (χ0) is 68.3. The molecular weight excluding hydrogens is 1220 g/mol. The molecule has 0 unspecified atom stereocenters. The molecule has 13 rings (SSSR count). The molecule has 0 bridgehead atoms. The van der Waals surface area contributed by atoms with Crippen LogP contribution in [0.25, 0.3) is 63.9 Å². The quantitative estimate of drug-likeness (QED) is 0.0699. The van der Waals surface area contributed by atoms with Crippen LogP contribution < -0.4 is 42.1 Å². The number of phenolic OH excluding ortho intramolecular Hbond substituents is 1. The molecule has 13 aromatic rings. The molecule has 0 spiro atoms. The second-order valence-electron chi connectivity index (χ2n) is 22.3. The van der Waals surface area contributed by atoms with Crippen LogP contribution in [0.4, 0.5) is 34.5 Å². The van der Waals surface area contributed by atoms with Gasteiger partial charge in [-0.25, -0.2) is 29.5 Å². The van der Waals surface area contributed by atoms with Crippen LogP contribution in [0.15, 0.2) is 227 Å². The molecule has 6 heterocycles. The van der Waals surface area contributed by atoms with Crippen molar-refractivity contribution in [3.05, 3.63) is 313 Å². The van der Waals surface area contributed by atoms with Crippen LogP contribution in [-0.4, -0.2) is 55.8 Å². The van der Waals surface area contributed by atoms with E-state index >= 15 is 0 Å². The Morgan fingerprint density at radius 1 is 0.423 bits per heavy atom. The molecule has 0 aliphatic heterocycles. The minimum absolute atomic E-state index is 0.0592. The number of hydrogen-bond acceptors (Lipinski definition) is 15. The van der Waals surface area contributed by atoms with Gasteiger partial charge in [0.2, 0.25) is 17.1 Å². The minimum Gasteiger partial charge on any atom is -0.507 e. The number of aromatic nitrogens is 9. The van der Waals surface area contributed by atoms with Gasteiger partial charge >= 0.3 is 0 Å². The molecule has 0 amide bonds. The SMILES string of the molecule is [C-]#[N+]c1cnc(C)nc1N[C@@H](C)c1cc2cccc(O)c2c(=O)n1-c1ccccc1.[C-]#[N+]c1cnc(C)nc1N[C@@H](C)c1cc2cccc(OC)c2c(=O)n1-c1ccccc1.[C-]#[N+]c1cnc(C)nc1N[C@@H](C)c1cc2cccc(Oc3ccccc3)c2c(=O)n1-c1ccccc1. The Labute approximate surface area is 557 Å². The van der Waals surface area contributed by atoms with E-state index in [0.29, 0.717) is 96.8 Å². The molecule has 3 atom stereocenters. The number of nitrogens with one attached hydrogen (secondary N) is 3. The highest BCUT2D eigenvalue weighted by molar-refractivity contribution is 5.90. The third-order valence-electron chi connectivity index (χ3n) is 15.8. The number of pyridine rings is 3. The maximum atomic E-state index is 14.1. The zero-order valence-electron chi connectivity index (χ0n) is 53.8. The summed E-state index contributed by atoms with van der Waals surface area (Å²) in [7, 11) is 1.56. The van der Waals surface area contributed by atoms with E-state index < -0.39 is 0 Å². The number of aromatic hydroxyl groups is 1. The lowest BCUT2D eigenvalue weighted by molar-refractivity contribution is 0.419. The van der Waals surface area contributed by atoms with Crippen molar-refractivity contribution in [2.75, 3.05) is 23.1 Å². The van der Waals surface area contributed by atoms with E-state index in [-0.39, 0.29) is 45.9 Å². The van der Waals surface area contributed by atoms with Crippen LogP contribution >= 0.6 is 0 Å². The molecule has 21 nitrogen and oxygen atoms in total. The van der Waals surface area contributed by atoms with Gasteiger partial charge in [-0.15, -0.1) is 0 Å². The van der Waals surface area contributed by atoms with Crippen molar-refractivity contribution < 1.29 is 14.6 Å². The number of rotatable bonds is 15. The summed E-state index contributed by atoms with van der Waals surface area (Å²) in [6, 6.07) is 58.5. The largest absolute Gasteiger partial charge is 0.507 e. The number of hydrogen-bond donors (Lipinski definition) is 4. The first kappa shape index (κ1) is 65.2. The molecule has 97 heavy (non-hydrogen) atoms. The highest BCUT2D eigenvalue weighted by atomic mass is 16.5. The van der Waals surface area contributed by atoms with E-state index in [9.17, 15) is 19.5 Å². The summed E-state index contributed by atoms with van der Waals surface area (Å²) in [6.07, 6.45) is 4.48. The lowest BCUT2D eigenvalue weighted by Crippen LogP contribution is -2.26. The number of benzene rings is 7. The molecular formula is C76H63N15O6. The van der Waals surface area contributed by atoms with Crippen molar-refractivity contribution in [1.82, 2.24) is 43.6 Å². The van der Waals surface area contributed by atoms with Crippen LogP contribution in [0.5, 0.6) is 23.0 Å². The van der Waals surface area contributed by atoms with Gasteiger partial charge in [-0.05, 0) is 143 Å². The Bertz CT molecular complexity index is 5400. The summed E-state index contributed by atoms with van der Waals surface area (Å²) in [5, 5.41) is 23.6. The van der Waals surface area contributed by atoms with Gasteiger partial charge in [0.15, 0.2) is 0 Å². The zero-order valence-corrected chi connectivity index (χ0v) is 53.8. The minimum atomic E-state index is -0.362. The van der Waals surface area contributed by atoms with Gasteiger partial charge in [-0.2, -0.15) is 0 Å². The predicted octanol–water partition coefficient (Wildman–Crippen LogP) is 15.9. The highest BCUT2D eigenvalue weighted by Crippen LogP contribution is 2.35.